The van der Waals surface area contributed by atoms with Gasteiger partial charge in [0.15, 0.2) is 0 Å². The van der Waals surface area contributed by atoms with Crippen molar-refractivity contribution >= 4 is 65.6 Å². The first kappa shape index (κ1) is 32.3. The number of aromatic nitrogens is 2. The Morgan fingerprint density at radius 3 is 1.54 bits per heavy atom. The maximum atomic E-state index is 6.50. The minimum absolute atomic E-state index is 0.0598. The molecule has 272 valence electrons. The van der Waals surface area contributed by atoms with Crippen molar-refractivity contribution in [1.29, 1.82) is 0 Å². The van der Waals surface area contributed by atoms with Gasteiger partial charge >= 0.3 is 0 Å². The molecule has 0 radical (unpaired) electrons. The predicted molar refractivity (Wildman–Crippen MR) is 233 cm³/mol. The van der Waals surface area contributed by atoms with E-state index >= 15 is 0 Å². The molecule has 1 saturated heterocycles. The number of rotatable bonds is 5. The summed E-state index contributed by atoms with van der Waals surface area (Å²) >= 11 is 0. The van der Waals surface area contributed by atoms with Crippen molar-refractivity contribution in [2.24, 2.45) is 0 Å². The first-order valence-corrected chi connectivity index (χ1v) is 19.6. The molecule has 11 aromatic rings. The highest BCUT2D eigenvalue weighted by Gasteiger charge is 2.30. The normalized spacial score (nSPS) is 17.4. The largest absolute Gasteiger partial charge is 0.456 e. The number of hydrogen-bond donors (Lipinski definition) is 3. The smallest absolute Gasteiger partial charge is 0.136 e. The van der Waals surface area contributed by atoms with Crippen molar-refractivity contribution in [3.05, 3.63) is 205 Å². The summed E-state index contributed by atoms with van der Waals surface area (Å²) in [5, 5.41) is 18.6. The Balaban J connectivity index is 1.10. The standard InChI is InChI=1S/C51H37N5O/c1-4-15-32(16-5-1)49-52-50(33-17-6-2-7-18-33)54-51(53-49)34-19-14-22-36(27-34)56-44-29-42-38-24-11-13-26-47(38)57-48(42)30-41(44)40-28-39-37-23-10-12-25-43(37)55(45(39)31-46(40)56)35-20-8-3-9-21-35/h1-31,49-54H. The number of fused-ring (bicyclic) bond motifs is 9. The summed E-state index contributed by atoms with van der Waals surface area (Å²) in [6.07, 6.45) is -0.252. The third-order valence-electron chi connectivity index (χ3n) is 11.8. The fourth-order valence-corrected chi connectivity index (χ4v) is 9.18. The van der Waals surface area contributed by atoms with Crippen LogP contribution in [0.25, 0.3) is 76.9 Å². The van der Waals surface area contributed by atoms with Gasteiger partial charge in [0, 0.05) is 43.7 Å². The fourth-order valence-electron chi connectivity index (χ4n) is 9.18. The minimum Gasteiger partial charge on any atom is -0.456 e. The number of furan rings is 1. The van der Waals surface area contributed by atoms with Gasteiger partial charge in [0.1, 0.15) is 11.2 Å². The third kappa shape index (κ3) is 5.16. The van der Waals surface area contributed by atoms with Gasteiger partial charge in [-0.05, 0) is 77.4 Å². The number of hydrogen-bond acceptors (Lipinski definition) is 4. The highest BCUT2D eigenvalue weighted by Crippen LogP contribution is 2.42. The molecule has 0 aliphatic carbocycles. The van der Waals surface area contributed by atoms with Gasteiger partial charge in [-0.3, -0.25) is 16.0 Å². The molecule has 1 aliphatic heterocycles. The zero-order valence-electron chi connectivity index (χ0n) is 30.9. The SMILES string of the molecule is c1ccc(C2NC(c3ccccc3)NC(c3cccc(-n4c5cc6c(cc5c5cc7c8ccccc8n(-c8ccccc8)c7cc54)oc4ccccc46)c3)N2)cc1. The quantitative estimate of drug-likeness (QED) is 0.165. The second-order valence-electron chi connectivity index (χ2n) is 15.1. The lowest BCUT2D eigenvalue weighted by Crippen LogP contribution is -2.54. The number of benzene rings is 8. The molecule has 2 unspecified atom stereocenters. The van der Waals surface area contributed by atoms with Crippen molar-refractivity contribution in [3.63, 3.8) is 0 Å². The van der Waals surface area contributed by atoms with E-state index in [4.69, 9.17) is 4.42 Å². The van der Waals surface area contributed by atoms with Gasteiger partial charge < -0.3 is 13.6 Å². The zero-order chi connectivity index (χ0) is 37.5. The van der Waals surface area contributed by atoms with Gasteiger partial charge in [-0.25, -0.2) is 0 Å². The molecule has 57 heavy (non-hydrogen) atoms. The van der Waals surface area contributed by atoms with E-state index in [0.717, 1.165) is 55.3 Å². The Bertz CT molecular complexity index is 3240. The van der Waals surface area contributed by atoms with E-state index in [1.165, 1.54) is 38.3 Å². The summed E-state index contributed by atoms with van der Waals surface area (Å²) in [7, 11) is 0. The van der Waals surface area contributed by atoms with E-state index in [1.807, 2.05) is 6.07 Å². The lowest BCUT2D eigenvalue weighted by molar-refractivity contribution is 0.203. The van der Waals surface area contributed by atoms with Crippen LogP contribution < -0.4 is 16.0 Å². The van der Waals surface area contributed by atoms with E-state index < -0.39 is 0 Å². The van der Waals surface area contributed by atoms with Crippen molar-refractivity contribution in [2.75, 3.05) is 0 Å². The van der Waals surface area contributed by atoms with E-state index in [0.29, 0.717) is 0 Å². The molecule has 3 N–H and O–H groups in total. The number of para-hydroxylation sites is 3. The molecule has 8 aromatic carbocycles. The Morgan fingerprint density at radius 2 is 0.825 bits per heavy atom. The predicted octanol–water partition coefficient (Wildman–Crippen LogP) is 12.0. The van der Waals surface area contributed by atoms with Gasteiger partial charge in [-0.2, -0.15) is 0 Å². The molecule has 0 saturated carbocycles. The molecule has 0 bridgehead atoms. The molecule has 1 aliphatic rings. The first-order valence-electron chi connectivity index (χ1n) is 19.6. The van der Waals surface area contributed by atoms with Crippen molar-refractivity contribution < 1.29 is 4.42 Å². The molecule has 12 rings (SSSR count). The summed E-state index contributed by atoms with van der Waals surface area (Å²) in [5.74, 6) is 0. The molecule has 0 spiro atoms. The van der Waals surface area contributed by atoms with Crippen LogP contribution in [0.3, 0.4) is 0 Å². The number of nitrogens with zero attached hydrogens (tertiary/aromatic N) is 2. The average Bonchev–Trinajstić information content (AvgIpc) is 3.92. The summed E-state index contributed by atoms with van der Waals surface area (Å²) < 4.78 is 11.4. The molecule has 4 heterocycles. The van der Waals surface area contributed by atoms with Crippen LogP contribution in [0.4, 0.5) is 0 Å². The zero-order valence-corrected chi connectivity index (χ0v) is 30.9. The van der Waals surface area contributed by atoms with E-state index in [2.05, 4.69) is 207 Å². The van der Waals surface area contributed by atoms with Crippen LogP contribution in [0.2, 0.25) is 0 Å². The summed E-state index contributed by atoms with van der Waals surface area (Å²) in [6, 6.07) is 67.4. The fraction of sp³-hybridized carbons (Fsp3) is 0.0588. The van der Waals surface area contributed by atoms with Gasteiger partial charge in [-0.1, -0.05) is 127 Å². The molecule has 0 amide bonds. The third-order valence-corrected chi connectivity index (χ3v) is 11.8. The molecule has 2 atom stereocenters. The average molecular weight is 736 g/mol. The maximum Gasteiger partial charge on any atom is 0.136 e. The van der Waals surface area contributed by atoms with E-state index in [9.17, 15) is 0 Å². The topological polar surface area (TPSA) is 59.1 Å². The van der Waals surface area contributed by atoms with Crippen LogP contribution in [0.15, 0.2) is 192 Å². The van der Waals surface area contributed by atoms with Crippen LogP contribution in [-0.2, 0) is 0 Å². The van der Waals surface area contributed by atoms with E-state index in [1.54, 1.807) is 0 Å². The van der Waals surface area contributed by atoms with Crippen molar-refractivity contribution in [2.45, 2.75) is 18.5 Å². The summed E-state index contributed by atoms with van der Waals surface area (Å²) in [6.45, 7) is 0. The Morgan fingerprint density at radius 1 is 0.316 bits per heavy atom. The molecular weight excluding hydrogens is 699 g/mol. The molecule has 3 aromatic heterocycles. The Hall–Kier alpha value is -6.96. The van der Waals surface area contributed by atoms with Gasteiger partial charge in [0.05, 0.1) is 40.6 Å². The monoisotopic (exact) mass is 735 g/mol. The van der Waals surface area contributed by atoms with Gasteiger partial charge in [0.25, 0.3) is 0 Å². The van der Waals surface area contributed by atoms with Crippen LogP contribution in [0.5, 0.6) is 0 Å². The van der Waals surface area contributed by atoms with Crippen molar-refractivity contribution in [3.8, 4) is 11.4 Å². The number of nitrogens with one attached hydrogen (secondary N) is 3. The van der Waals surface area contributed by atoms with Gasteiger partial charge in [-0.15, -0.1) is 0 Å². The highest BCUT2D eigenvalue weighted by molar-refractivity contribution is 6.22. The van der Waals surface area contributed by atoms with Crippen molar-refractivity contribution in [1.82, 2.24) is 25.1 Å². The van der Waals surface area contributed by atoms with Gasteiger partial charge in [0.2, 0.25) is 0 Å². The van der Waals surface area contributed by atoms with Crippen LogP contribution >= 0.6 is 0 Å². The molecule has 1 fully saturated rings. The lowest BCUT2D eigenvalue weighted by Gasteiger charge is -2.39. The molecular formula is C51H37N5O. The summed E-state index contributed by atoms with van der Waals surface area (Å²) in [5.41, 5.74) is 12.2. The van der Waals surface area contributed by atoms with Crippen LogP contribution in [-0.4, -0.2) is 9.13 Å². The Kier molecular flexibility index (Phi) is 7.25. The summed E-state index contributed by atoms with van der Waals surface area (Å²) in [4.78, 5) is 0. The first-order chi connectivity index (χ1) is 28.2. The van der Waals surface area contributed by atoms with Crippen LogP contribution in [0.1, 0.15) is 35.2 Å². The minimum atomic E-state index is -0.133. The molecule has 6 nitrogen and oxygen atoms in total. The maximum absolute atomic E-state index is 6.50. The Labute approximate surface area is 328 Å². The van der Waals surface area contributed by atoms with Crippen LogP contribution in [0, 0.1) is 0 Å². The second-order valence-corrected chi connectivity index (χ2v) is 15.1. The second kappa shape index (κ2) is 12.8. The lowest BCUT2D eigenvalue weighted by atomic mass is 10.0. The highest BCUT2D eigenvalue weighted by atomic mass is 16.3. The van der Waals surface area contributed by atoms with E-state index in [-0.39, 0.29) is 18.5 Å². The molecule has 6 heteroatoms.